The zero-order valence-corrected chi connectivity index (χ0v) is 10.9. The van der Waals surface area contributed by atoms with Crippen LogP contribution in [0.25, 0.3) is 0 Å². The fourth-order valence-electron chi connectivity index (χ4n) is 1.41. The highest BCUT2D eigenvalue weighted by Gasteiger charge is 2.12. The van der Waals surface area contributed by atoms with Crippen LogP contribution in [0.4, 0.5) is 11.4 Å². The monoisotopic (exact) mass is 344 g/mol. The lowest BCUT2D eigenvalue weighted by atomic mass is 10.2. The molecule has 0 amide bonds. The van der Waals surface area contributed by atoms with Crippen molar-refractivity contribution in [3.05, 3.63) is 56.0 Å². The molecule has 1 aromatic carbocycles. The number of nitro groups is 1. The number of hydrogen-bond acceptors (Lipinski definition) is 4. The Labute approximate surface area is 111 Å². The molecule has 0 aliphatic carbocycles. The lowest BCUT2D eigenvalue weighted by molar-refractivity contribution is -0.384. The average molecular weight is 344 g/mol. The van der Waals surface area contributed by atoms with Crippen molar-refractivity contribution < 1.29 is 9.34 Å². The molecule has 0 saturated heterocycles. The molecule has 0 aliphatic rings. The molecule has 0 spiro atoms. The van der Waals surface area contributed by atoms with Crippen molar-refractivity contribution in [2.24, 2.45) is 0 Å². The van der Waals surface area contributed by atoms with Gasteiger partial charge in [0.25, 0.3) is 5.69 Å². The molecule has 0 saturated carbocycles. The summed E-state index contributed by atoms with van der Waals surface area (Å²) in [6.07, 6.45) is 0. The van der Waals surface area contributed by atoms with E-state index in [1.807, 2.05) is 12.1 Å². The highest BCUT2D eigenvalue weighted by atomic mass is 127. The summed E-state index contributed by atoms with van der Waals surface area (Å²) in [6, 6.07) is 10.2. The zero-order chi connectivity index (χ0) is 12.3. The van der Waals surface area contributed by atoms with E-state index in [9.17, 15) is 10.1 Å². The highest BCUT2D eigenvalue weighted by Crippen LogP contribution is 2.24. The van der Waals surface area contributed by atoms with E-state index < -0.39 is 4.92 Å². The van der Waals surface area contributed by atoms with Gasteiger partial charge in [-0.05, 0) is 40.8 Å². The molecule has 0 atom stereocenters. The SMILES string of the molecule is O=[N+]([O-])c1ccccc1NCc1ccc(I)o1. The van der Waals surface area contributed by atoms with Crippen molar-refractivity contribution in [1.82, 2.24) is 0 Å². The molecule has 6 heteroatoms. The Morgan fingerprint density at radius 1 is 1.29 bits per heavy atom. The Balaban J connectivity index is 2.11. The number of anilines is 1. The third-order valence-electron chi connectivity index (χ3n) is 2.18. The second-order valence-corrected chi connectivity index (χ2v) is 4.40. The molecule has 0 aliphatic heterocycles. The van der Waals surface area contributed by atoms with Gasteiger partial charge in [0, 0.05) is 6.07 Å². The summed E-state index contributed by atoms with van der Waals surface area (Å²) in [5.41, 5.74) is 0.553. The molecule has 2 rings (SSSR count). The van der Waals surface area contributed by atoms with Gasteiger partial charge < -0.3 is 9.73 Å². The van der Waals surface area contributed by atoms with E-state index in [2.05, 4.69) is 27.9 Å². The first-order chi connectivity index (χ1) is 8.16. The van der Waals surface area contributed by atoms with Gasteiger partial charge in [0.1, 0.15) is 11.4 Å². The standard InChI is InChI=1S/C11H9IN2O3/c12-11-6-5-8(17-11)7-13-9-3-1-2-4-10(9)14(15)16/h1-6,13H,7H2. The van der Waals surface area contributed by atoms with Crippen molar-refractivity contribution in [3.8, 4) is 0 Å². The first-order valence-electron chi connectivity index (χ1n) is 4.88. The maximum Gasteiger partial charge on any atom is 0.292 e. The summed E-state index contributed by atoms with van der Waals surface area (Å²) in [6.45, 7) is 0.424. The van der Waals surface area contributed by atoms with E-state index in [4.69, 9.17) is 4.42 Å². The van der Waals surface area contributed by atoms with Crippen molar-refractivity contribution in [2.75, 3.05) is 5.32 Å². The van der Waals surface area contributed by atoms with Gasteiger partial charge in [-0.2, -0.15) is 0 Å². The normalized spacial score (nSPS) is 10.2. The van der Waals surface area contributed by atoms with Gasteiger partial charge >= 0.3 is 0 Å². The number of rotatable bonds is 4. The molecule has 1 aromatic heterocycles. The van der Waals surface area contributed by atoms with E-state index in [1.54, 1.807) is 18.2 Å². The minimum atomic E-state index is -0.409. The Bertz CT molecular complexity index is 539. The lowest BCUT2D eigenvalue weighted by Gasteiger charge is -2.04. The second-order valence-electron chi connectivity index (χ2n) is 3.33. The highest BCUT2D eigenvalue weighted by molar-refractivity contribution is 14.1. The number of nitrogens with zero attached hydrogens (tertiary/aromatic N) is 1. The maximum atomic E-state index is 10.8. The summed E-state index contributed by atoms with van der Waals surface area (Å²) in [5.74, 6) is 0.743. The van der Waals surface area contributed by atoms with Gasteiger partial charge in [0.2, 0.25) is 0 Å². The van der Waals surface area contributed by atoms with Gasteiger partial charge in [0.05, 0.1) is 11.5 Å². The summed E-state index contributed by atoms with van der Waals surface area (Å²) in [7, 11) is 0. The molecule has 2 aromatic rings. The summed E-state index contributed by atoms with van der Waals surface area (Å²) in [5, 5.41) is 13.8. The molecule has 5 nitrogen and oxygen atoms in total. The summed E-state index contributed by atoms with van der Waals surface area (Å²) < 4.78 is 6.15. The number of nitrogens with one attached hydrogen (secondary N) is 1. The van der Waals surface area contributed by atoms with Crippen LogP contribution in [0.2, 0.25) is 0 Å². The smallest absolute Gasteiger partial charge is 0.292 e. The summed E-state index contributed by atoms with van der Waals surface area (Å²) >= 11 is 2.07. The van der Waals surface area contributed by atoms with Crippen molar-refractivity contribution in [3.63, 3.8) is 0 Å². The van der Waals surface area contributed by atoms with Gasteiger partial charge in [-0.15, -0.1) is 0 Å². The number of hydrogen-bond donors (Lipinski definition) is 1. The van der Waals surface area contributed by atoms with Gasteiger partial charge in [-0.25, -0.2) is 0 Å². The van der Waals surface area contributed by atoms with E-state index >= 15 is 0 Å². The van der Waals surface area contributed by atoms with Crippen LogP contribution in [0.15, 0.2) is 40.8 Å². The molecule has 1 N–H and O–H groups in total. The third kappa shape index (κ3) is 2.96. The van der Waals surface area contributed by atoms with Crippen molar-refractivity contribution >= 4 is 34.0 Å². The molecule has 1 heterocycles. The first kappa shape index (κ1) is 11.9. The van der Waals surface area contributed by atoms with Crippen LogP contribution in [-0.4, -0.2) is 4.92 Å². The van der Waals surface area contributed by atoms with Crippen LogP contribution in [0.1, 0.15) is 5.76 Å². The predicted molar refractivity (Wildman–Crippen MR) is 71.8 cm³/mol. The average Bonchev–Trinajstić information content (AvgIpc) is 2.73. The minimum Gasteiger partial charge on any atom is -0.454 e. The molecular weight excluding hydrogens is 335 g/mol. The Kier molecular flexibility index (Phi) is 3.62. The minimum absolute atomic E-state index is 0.0637. The fraction of sp³-hybridized carbons (Fsp3) is 0.0909. The van der Waals surface area contributed by atoms with E-state index in [0.29, 0.717) is 12.2 Å². The van der Waals surface area contributed by atoms with Crippen molar-refractivity contribution in [2.45, 2.75) is 6.54 Å². The molecule has 0 bridgehead atoms. The molecule has 0 unspecified atom stereocenters. The van der Waals surface area contributed by atoms with Gasteiger partial charge in [0.15, 0.2) is 3.77 Å². The van der Waals surface area contributed by atoms with Crippen LogP contribution in [-0.2, 0) is 6.54 Å². The van der Waals surface area contributed by atoms with Crippen LogP contribution >= 0.6 is 22.6 Å². The second kappa shape index (κ2) is 5.17. The fourth-order valence-corrected chi connectivity index (χ4v) is 1.87. The quantitative estimate of drug-likeness (QED) is 0.524. The third-order valence-corrected chi connectivity index (χ3v) is 2.76. The molecule has 88 valence electrons. The predicted octanol–water partition coefficient (Wildman–Crippen LogP) is 3.40. The van der Waals surface area contributed by atoms with Crippen LogP contribution in [0.3, 0.4) is 0 Å². The number of nitro benzene ring substituents is 1. The van der Waals surface area contributed by atoms with Crippen LogP contribution in [0.5, 0.6) is 0 Å². The van der Waals surface area contributed by atoms with E-state index in [0.717, 1.165) is 9.53 Å². The van der Waals surface area contributed by atoms with E-state index in [1.165, 1.54) is 6.07 Å². The number of benzene rings is 1. The lowest BCUT2D eigenvalue weighted by Crippen LogP contribution is -2.01. The first-order valence-corrected chi connectivity index (χ1v) is 5.96. The number of furan rings is 1. The Hall–Kier alpha value is -1.57. The largest absolute Gasteiger partial charge is 0.454 e. The molecule has 0 radical (unpaired) electrons. The molecular formula is C11H9IN2O3. The Morgan fingerprint density at radius 3 is 2.71 bits per heavy atom. The van der Waals surface area contributed by atoms with Crippen molar-refractivity contribution in [1.29, 1.82) is 0 Å². The van der Waals surface area contributed by atoms with Gasteiger partial charge in [-0.1, -0.05) is 12.1 Å². The maximum absolute atomic E-state index is 10.8. The molecule has 0 fully saturated rings. The number of halogens is 1. The zero-order valence-electron chi connectivity index (χ0n) is 8.72. The number of para-hydroxylation sites is 2. The van der Waals surface area contributed by atoms with E-state index in [-0.39, 0.29) is 5.69 Å². The van der Waals surface area contributed by atoms with Crippen LogP contribution in [0, 0.1) is 13.9 Å². The van der Waals surface area contributed by atoms with Crippen LogP contribution < -0.4 is 5.32 Å². The Morgan fingerprint density at radius 2 is 2.06 bits per heavy atom. The topological polar surface area (TPSA) is 68.3 Å². The molecule has 17 heavy (non-hydrogen) atoms. The van der Waals surface area contributed by atoms with Gasteiger partial charge in [-0.3, -0.25) is 10.1 Å². The summed E-state index contributed by atoms with van der Waals surface area (Å²) in [4.78, 5) is 10.4.